The maximum absolute atomic E-state index is 13.4. The summed E-state index contributed by atoms with van der Waals surface area (Å²) in [4.78, 5) is 26.0. The number of amides is 1. The van der Waals surface area contributed by atoms with Gasteiger partial charge in [-0.25, -0.2) is 4.39 Å². The Labute approximate surface area is 167 Å². The Balaban J connectivity index is 1.73. The van der Waals surface area contributed by atoms with Gasteiger partial charge in [0.1, 0.15) is 11.9 Å². The summed E-state index contributed by atoms with van der Waals surface area (Å²) in [6.45, 7) is 7.13. The van der Waals surface area contributed by atoms with Gasteiger partial charge in [0, 0.05) is 22.2 Å². The molecule has 1 atom stereocenters. The number of nitrogens with one attached hydrogen (secondary N) is 1. The smallest absolute Gasteiger partial charge is 0.229 e. The molecule has 0 aliphatic rings. The summed E-state index contributed by atoms with van der Waals surface area (Å²) in [5.74, 6) is -0.477. The standard InChI is InChI=1S/C21H22FN5O2/c1-13(27-25-19(24-26-27)15-6-5-7-16(22)12-15)18(28)14-8-10-17(11-9-14)23-20(29)21(2,3)4/h5-13H,1-4H3,(H,23,29). The Hall–Kier alpha value is -3.42. The molecule has 2 aromatic carbocycles. The molecule has 0 saturated heterocycles. The van der Waals surface area contributed by atoms with Gasteiger partial charge in [0.25, 0.3) is 0 Å². The third kappa shape index (κ3) is 4.71. The summed E-state index contributed by atoms with van der Waals surface area (Å²) in [5, 5.41) is 14.9. The Morgan fingerprint density at radius 2 is 1.79 bits per heavy atom. The summed E-state index contributed by atoms with van der Waals surface area (Å²) >= 11 is 0. The molecule has 0 bridgehead atoms. The number of anilines is 1. The molecule has 3 rings (SSSR count). The predicted octanol–water partition coefficient (Wildman–Crippen LogP) is 3.91. The zero-order chi connectivity index (χ0) is 21.2. The van der Waals surface area contributed by atoms with Crippen LogP contribution in [0.25, 0.3) is 11.4 Å². The predicted molar refractivity (Wildman–Crippen MR) is 107 cm³/mol. The Bertz CT molecular complexity index is 1040. The number of tetrazole rings is 1. The van der Waals surface area contributed by atoms with E-state index in [0.717, 1.165) is 0 Å². The lowest BCUT2D eigenvalue weighted by atomic mass is 9.95. The van der Waals surface area contributed by atoms with E-state index in [9.17, 15) is 14.0 Å². The van der Waals surface area contributed by atoms with Crippen molar-refractivity contribution in [1.29, 1.82) is 0 Å². The first-order chi connectivity index (χ1) is 13.6. The van der Waals surface area contributed by atoms with Crippen molar-refractivity contribution in [2.75, 3.05) is 5.32 Å². The average Bonchev–Trinajstić information content (AvgIpc) is 3.17. The second-order valence-corrected chi connectivity index (χ2v) is 7.77. The van der Waals surface area contributed by atoms with Crippen LogP contribution in [0.15, 0.2) is 48.5 Å². The van der Waals surface area contributed by atoms with Crippen LogP contribution in [0.5, 0.6) is 0 Å². The number of halogens is 1. The summed E-state index contributed by atoms with van der Waals surface area (Å²) in [7, 11) is 0. The maximum atomic E-state index is 13.4. The molecule has 8 heteroatoms. The summed E-state index contributed by atoms with van der Waals surface area (Å²) in [5.41, 5.74) is 1.04. The van der Waals surface area contributed by atoms with Crippen molar-refractivity contribution >= 4 is 17.4 Å². The van der Waals surface area contributed by atoms with Crippen LogP contribution in [0.4, 0.5) is 10.1 Å². The number of carbonyl (C=O) groups is 2. The van der Waals surface area contributed by atoms with Crippen LogP contribution < -0.4 is 5.32 Å². The van der Waals surface area contributed by atoms with Crippen LogP contribution in [-0.4, -0.2) is 31.9 Å². The molecular formula is C21H22FN5O2. The van der Waals surface area contributed by atoms with Gasteiger partial charge in [0.05, 0.1) is 0 Å². The van der Waals surface area contributed by atoms with Gasteiger partial charge in [-0.15, -0.1) is 10.2 Å². The molecule has 1 N–H and O–H groups in total. The fourth-order valence-electron chi connectivity index (χ4n) is 2.51. The highest BCUT2D eigenvalue weighted by atomic mass is 19.1. The highest BCUT2D eigenvalue weighted by Gasteiger charge is 2.22. The number of Topliss-reactive ketones (excluding diaryl/α,β-unsaturated/α-hetero) is 1. The number of aromatic nitrogens is 4. The van der Waals surface area contributed by atoms with Gasteiger partial charge in [0.2, 0.25) is 11.7 Å². The minimum absolute atomic E-state index is 0.110. The number of hydrogen-bond acceptors (Lipinski definition) is 5. The third-order valence-corrected chi connectivity index (χ3v) is 4.35. The van der Waals surface area contributed by atoms with Gasteiger partial charge in [0.15, 0.2) is 5.78 Å². The van der Waals surface area contributed by atoms with Gasteiger partial charge in [-0.2, -0.15) is 4.80 Å². The Morgan fingerprint density at radius 1 is 1.10 bits per heavy atom. The molecule has 0 radical (unpaired) electrons. The van der Waals surface area contributed by atoms with E-state index in [1.165, 1.54) is 16.9 Å². The minimum atomic E-state index is -0.695. The van der Waals surface area contributed by atoms with Crippen molar-refractivity contribution < 1.29 is 14.0 Å². The second-order valence-electron chi connectivity index (χ2n) is 7.77. The highest BCUT2D eigenvalue weighted by molar-refractivity contribution is 5.99. The maximum Gasteiger partial charge on any atom is 0.229 e. The SMILES string of the molecule is CC(C(=O)c1ccc(NC(=O)C(C)(C)C)cc1)n1nnc(-c2cccc(F)c2)n1. The Kier molecular flexibility index (Phi) is 5.54. The zero-order valence-corrected chi connectivity index (χ0v) is 16.7. The second kappa shape index (κ2) is 7.90. The molecule has 1 unspecified atom stereocenters. The van der Waals surface area contributed by atoms with Gasteiger partial charge in [-0.3, -0.25) is 9.59 Å². The number of rotatable bonds is 5. The van der Waals surface area contributed by atoms with Crippen molar-refractivity contribution in [2.24, 2.45) is 5.41 Å². The van der Waals surface area contributed by atoms with Crippen LogP contribution >= 0.6 is 0 Å². The van der Waals surface area contributed by atoms with Crippen LogP contribution in [0.2, 0.25) is 0 Å². The molecule has 1 heterocycles. The Morgan fingerprint density at radius 3 is 2.41 bits per heavy atom. The first-order valence-corrected chi connectivity index (χ1v) is 9.16. The molecule has 150 valence electrons. The first kappa shape index (κ1) is 20.3. The normalized spacial score (nSPS) is 12.4. The van der Waals surface area contributed by atoms with Crippen LogP contribution in [0.1, 0.15) is 44.1 Å². The van der Waals surface area contributed by atoms with E-state index < -0.39 is 17.3 Å². The van der Waals surface area contributed by atoms with Crippen LogP contribution in [-0.2, 0) is 4.79 Å². The monoisotopic (exact) mass is 395 g/mol. The van der Waals surface area contributed by atoms with E-state index in [1.807, 2.05) is 20.8 Å². The van der Waals surface area contributed by atoms with E-state index in [0.29, 0.717) is 16.8 Å². The molecule has 0 saturated carbocycles. The molecule has 7 nitrogen and oxygen atoms in total. The molecular weight excluding hydrogens is 373 g/mol. The highest BCUT2D eigenvalue weighted by Crippen LogP contribution is 2.20. The molecule has 3 aromatic rings. The number of carbonyl (C=O) groups excluding carboxylic acids is 2. The molecule has 1 aromatic heterocycles. The number of ketones is 1. The number of benzene rings is 2. The first-order valence-electron chi connectivity index (χ1n) is 9.16. The lowest BCUT2D eigenvalue weighted by Crippen LogP contribution is -2.27. The van der Waals surface area contributed by atoms with Crippen LogP contribution in [0, 0.1) is 11.2 Å². The minimum Gasteiger partial charge on any atom is -0.326 e. The quantitative estimate of drug-likeness (QED) is 0.662. The van der Waals surface area contributed by atoms with Crippen molar-refractivity contribution in [3.63, 3.8) is 0 Å². The topological polar surface area (TPSA) is 89.8 Å². The van der Waals surface area contributed by atoms with Crippen molar-refractivity contribution in [3.05, 3.63) is 59.9 Å². The molecule has 0 aliphatic carbocycles. The van der Waals surface area contributed by atoms with E-state index >= 15 is 0 Å². The summed E-state index contributed by atoms with van der Waals surface area (Å²) < 4.78 is 13.4. The molecule has 29 heavy (non-hydrogen) atoms. The summed E-state index contributed by atoms with van der Waals surface area (Å²) in [6, 6.07) is 11.8. The average molecular weight is 395 g/mol. The van der Waals surface area contributed by atoms with E-state index in [-0.39, 0.29) is 17.5 Å². The lowest BCUT2D eigenvalue weighted by molar-refractivity contribution is -0.123. The summed E-state index contributed by atoms with van der Waals surface area (Å²) in [6.07, 6.45) is 0. The van der Waals surface area contributed by atoms with Gasteiger partial charge in [-0.1, -0.05) is 32.9 Å². The third-order valence-electron chi connectivity index (χ3n) is 4.35. The van der Waals surface area contributed by atoms with Crippen molar-refractivity contribution in [3.8, 4) is 11.4 Å². The molecule has 0 aliphatic heterocycles. The van der Waals surface area contributed by atoms with E-state index in [4.69, 9.17) is 0 Å². The fourth-order valence-corrected chi connectivity index (χ4v) is 2.51. The van der Waals surface area contributed by atoms with Gasteiger partial charge in [-0.05, 0) is 48.5 Å². The zero-order valence-electron chi connectivity index (χ0n) is 16.7. The molecule has 0 fully saturated rings. The molecule has 1 amide bonds. The lowest BCUT2D eigenvalue weighted by Gasteiger charge is -2.17. The number of hydrogen-bond donors (Lipinski definition) is 1. The number of nitrogens with zero attached hydrogens (tertiary/aromatic N) is 4. The van der Waals surface area contributed by atoms with Crippen molar-refractivity contribution in [1.82, 2.24) is 20.2 Å². The van der Waals surface area contributed by atoms with Crippen LogP contribution in [0.3, 0.4) is 0 Å². The largest absolute Gasteiger partial charge is 0.326 e. The fraction of sp³-hybridized carbons (Fsp3) is 0.286. The van der Waals surface area contributed by atoms with E-state index in [2.05, 4.69) is 20.7 Å². The molecule has 0 spiro atoms. The van der Waals surface area contributed by atoms with Gasteiger partial charge < -0.3 is 5.32 Å². The van der Waals surface area contributed by atoms with E-state index in [1.54, 1.807) is 43.3 Å². The van der Waals surface area contributed by atoms with Crippen molar-refractivity contribution in [2.45, 2.75) is 33.7 Å². The van der Waals surface area contributed by atoms with Gasteiger partial charge >= 0.3 is 0 Å².